The van der Waals surface area contributed by atoms with Crippen LogP contribution in [-0.2, 0) is 0 Å². The lowest BCUT2D eigenvalue weighted by Gasteiger charge is -2.02. The molecule has 4 aromatic rings. The van der Waals surface area contributed by atoms with Crippen molar-refractivity contribution >= 4 is 39.3 Å². The van der Waals surface area contributed by atoms with Gasteiger partial charge in [-0.1, -0.05) is 12.1 Å². The highest BCUT2D eigenvalue weighted by atomic mass is 32.1. The summed E-state index contributed by atoms with van der Waals surface area (Å²) >= 11 is 1.38. The summed E-state index contributed by atoms with van der Waals surface area (Å²) in [7, 11) is 0. The fraction of sp³-hybridized carbons (Fsp3) is 0.0500. The van der Waals surface area contributed by atoms with Crippen LogP contribution in [0.1, 0.15) is 27.0 Å². The van der Waals surface area contributed by atoms with E-state index in [0.29, 0.717) is 21.9 Å². The topological polar surface area (TPSA) is 92.1 Å². The molecule has 0 unspecified atom stereocenters. The molecule has 4 rings (SSSR count). The molecule has 0 amide bonds. The van der Waals surface area contributed by atoms with Crippen molar-refractivity contribution in [3.8, 4) is 6.07 Å². The van der Waals surface area contributed by atoms with Gasteiger partial charge in [-0.25, -0.2) is 4.98 Å². The van der Waals surface area contributed by atoms with Crippen molar-refractivity contribution in [2.75, 3.05) is 5.32 Å². The molecule has 132 valence electrons. The SMILES string of the molecule is Cc1csc(/C(C#N)=C/Nc2c(C(=O)c3ccco3)oc3ccccc23)n1. The first-order chi connectivity index (χ1) is 13.2. The number of para-hydroxylation sites is 1. The molecule has 3 aromatic heterocycles. The third-order valence-corrected chi connectivity index (χ3v) is 4.87. The first-order valence-electron chi connectivity index (χ1n) is 8.06. The maximum absolute atomic E-state index is 12.8. The van der Waals surface area contributed by atoms with Crippen LogP contribution in [0.25, 0.3) is 16.5 Å². The van der Waals surface area contributed by atoms with Gasteiger partial charge >= 0.3 is 0 Å². The maximum Gasteiger partial charge on any atom is 0.265 e. The molecular weight excluding hydrogens is 362 g/mol. The summed E-state index contributed by atoms with van der Waals surface area (Å²) < 4.78 is 11.0. The van der Waals surface area contributed by atoms with Gasteiger partial charge in [0.2, 0.25) is 5.76 Å². The Balaban J connectivity index is 1.78. The number of aryl methyl sites for hydroxylation is 1. The molecule has 0 fully saturated rings. The van der Waals surface area contributed by atoms with Crippen molar-refractivity contribution in [3.63, 3.8) is 0 Å². The normalized spacial score (nSPS) is 11.5. The summed E-state index contributed by atoms with van der Waals surface area (Å²) in [4.78, 5) is 17.1. The van der Waals surface area contributed by atoms with Crippen molar-refractivity contribution < 1.29 is 13.6 Å². The van der Waals surface area contributed by atoms with Crippen molar-refractivity contribution in [2.45, 2.75) is 6.92 Å². The summed E-state index contributed by atoms with van der Waals surface area (Å²) in [5, 5.41) is 15.7. The van der Waals surface area contributed by atoms with Gasteiger partial charge in [-0.05, 0) is 31.2 Å². The molecular formula is C20H13N3O3S. The quantitative estimate of drug-likeness (QED) is 0.390. The highest BCUT2D eigenvalue weighted by Crippen LogP contribution is 2.33. The molecule has 0 atom stereocenters. The fourth-order valence-electron chi connectivity index (χ4n) is 2.63. The number of carbonyl (C=O) groups excluding carboxylic acids is 1. The third kappa shape index (κ3) is 3.14. The lowest BCUT2D eigenvalue weighted by molar-refractivity contribution is 0.0986. The molecule has 0 bridgehead atoms. The summed E-state index contributed by atoms with van der Waals surface area (Å²) in [6, 6.07) is 12.6. The summed E-state index contributed by atoms with van der Waals surface area (Å²) in [5.74, 6) is -0.0807. The molecule has 1 N–H and O–H groups in total. The average Bonchev–Trinajstić information content (AvgIpc) is 3.42. The number of thiazole rings is 1. The predicted molar refractivity (Wildman–Crippen MR) is 102 cm³/mol. The van der Waals surface area contributed by atoms with Gasteiger partial charge in [0, 0.05) is 22.7 Å². The van der Waals surface area contributed by atoms with E-state index in [1.807, 2.05) is 30.5 Å². The Morgan fingerprint density at radius 3 is 2.85 bits per heavy atom. The molecule has 27 heavy (non-hydrogen) atoms. The van der Waals surface area contributed by atoms with Crippen molar-refractivity contribution in [3.05, 3.63) is 76.5 Å². The number of hydrogen-bond acceptors (Lipinski definition) is 7. The minimum Gasteiger partial charge on any atom is -0.461 e. The number of benzene rings is 1. The van der Waals surface area contributed by atoms with Crippen molar-refractivity contribution in [2.24, 2.45) is 0 Å². The molecule has 1 aromatic carbocycles. The van der Waals surface area contributed by atoms with Crippen LogP contribution >= 0.6 is 11.3 Å². The van der Waals surface area contributed by atoms with Gasteiger partial charge < -0.3 is 14.2 Å². The monoisotopic (exact) mass is 375 g/mol. The van der Waals surface area contributed by atoms with E-state index in [4.69, 9.17) is 8.83 Å². The van der Waals surface area contributed by atoms with Gasteiger partial charge in [-0.3, -0.25) is 4.79 Å². The van der Waals surface area contributed by atoms with Gasteiger partial charge in [-0.15, -0.1) is 11.3 Å². The molecule has 0 aliphatic heterocycles. The number of rotatable bonds is 5. The van der Waals surface area contributed by atoms with Crippen LogP contribution in [0, 0.1) is 18.3 Å². The van der Waals surface area contributed by atoms with Gasteiger partial charge in [0.25, 0.3) is 5.78 Å². The standard InChI is InChI=1S/C20H13N3O3S/c1-12-11-27-20(23-12)13(9-21)10-22-17-14-5-2-3-6-15(14)26-19(17)18(24)16-7-4-8-25-16/h2-8,10-11,22H,1H3/b13-10+. The van der Waals surface area contributed by atoms with Crippen LogP contribution in [0.15, 0.2) is 63.1 Å². The molecule has 0 aliphatic carbocycles. The Bertz CT molecular complexity index is 1190. The average molecular weight is 375 g/mol. The second kappa shape index (κ2) is 6.94. The minimum absolute atomic E-state index is 0.120. The Morgan fingerprint density at radius 2 is 2.15 bits per heavy atom. The number of anilines is 1. The molecule has 0 aliphatic rings. The first-order valence-corrected chi connectivity index (χ1v) is 8.94. The fourth-order valence-corrected chi connectivity index (χ4v) is 3.40. The Morgan fingerprint density at radius 1 is 1.30 bits per heavy atom. The van der Waals surface area contributed by atoms with Crippen LogP contribution in [-0.4, -0.2) is 10.8 Å². The van der Waals surface area contributed by atoms with E-state index in [2.05, 4.69) is 16.4 Å². The zero-order chi connectivity index (χ0) is 18.8. The maximum atomic E-state index is 12.8. The van der Waals surface area contributed by atoms with Crippen molar-refractivity contribution in [1.82, 2.24) is 4.98 Å². The van der Waals surface area contributed by atoms with E-state index in [0.717, 1.165) is 11.1 Å². The third-order valence-electron chi connectivity index (χ3n) is 3.88. The number of nitrogens with zero attached hydrogens (tertiary/aromatic N) is 2. The number of nitriles is 1. The molecule has 0 radical (unpaired) electrons. The highest BCUT2D eigenvalue weighted by Gasteiger charge is 2.23. The van der Waals surface area contributed by atoms with Gasteiger partial charge in [0.05, 0.1) is 12.0 Å². The van der Waals surface area contributed by atoms with Crippen molar-refractivity contribution in [1.29, 1.82) is 5.26 Å². The highest BCUT2D eigenvalue weighted by molar-refractivity contribution is 7.10. The largest absolute Gasteiger partial charge is 0.461 e. The lowest BCUT2D eigenvalue weighted by atomic mass is 10.1. The molecule has 0 spiro atoms. The molecule has 0 saturated heterocycles. The number of ketones is 1. The predicted octanol–water partition coefficient (Wildman–Crippen LogP) is 5.00. The van der Waals surface area contributed by atoms with E-state index < -0.39 is 0 Å². The van der Waals surface area contributed by atoms with Crippen LogP contribution in [0.2, 0.25) is 0 Å². The molecule has 6 nitrogen and oxygen atoms in total. The van der Waals surface area contributed by atoms with Crippen LogP contribution in [0.5, 0.6) is 0 Å². The molecule has 0 saturated carbocycles. The van der Waals surface area contributed by atoms with Crippen LogP contribution in [0.4, 0.5) is 5.69 Å². The van der Waals surface area contributed by atoms with Gasteiger partial charge in [-0.2, -0.15) is 5.26 Å². The van der Waals surface area contributed by atoms with Gasteiger partial charge in [0.1, 0.15) is 22.2 Å². The molecule has 3 heterocycles. The van der Waals surface area contributed by atoms with E-state index in [9.17, 15) is 10.1 Å². The van der Waals surface area contributed by atoms with Gasteiger partial charge in [0.15, 0.2) is 5.76 Å². The Hall–Kier alpha value is -3.63. The smallest absolute Gasteiger partial charge is 0.265 e. The number of aromatic nitrogens is 1. The Kier molecular flexibility index (Phi) is 4.32. The first kappa shape index (κ1) is 16.8. The van der Waals surface area contributed by atoms with E-state index in [-0.39, 0.29) is 17.3 Å². The zero-order valence-corrected chi connectivity index (χ0v) is 15.0. The number of fused-ring (bicyclic) bond motifs is 1. The number of furan rings is 2. The number of carbonyl (C=O) groups is 1. The second-order valence-electron chi connectivity index (χ2n) is 5.72. The van der Waals surface area contributed by atoms with Crippen LogP contribution < -0.4 is 5.32 Å². The summed E-state index contributed by atoms with van der Waals surface area (Å²) in [6.07, 6.45) is 2.97. The van der Waals surface area contributed by atoms with E-state index in [1.165, 1.54) is 23.8 Å². The number of allylic oxidation sites excluding steroid dienone is 1. The van der Waals surface area contributed by atoms with E-state index in [1.54, 1.807) is 18.2 Å². The van der Waals surface area contributed by atoms with E-state index >= 15 is 0 Å². The Labute approximate surface area is 158 Å². The zero-order valence-electron chi connectivity index (χ0n) is 14.2. The van der Waals surface area contributed by atoms with Crippen LogP contribution in [0.3, 0.4) is 0 Å². The lowest BCUT2D eigenvalue weighted by Crippen LogP contribution is -2.02. The minimum atomic E-state index is -0.379. The summed E-state index contributed by atoms with van der Waals surface area (Å²) in [5.41, 5.74) is 2.26. The number of hydrogen-bond donors (Lipinski definition) is 1. The second-order valence-corrected chi connectivity index (χ2v) is 6.58. The number of nitrogens with one attached hydrogen (secondary N) is 1. The molecule has 7 heteroatoms. The summed E-state index contributed by atoms with van der Waals surface area (Å²) in [6.45, 7) is 1.87.